The topological polar surface area (TPSA) is 60.4 Å². The maximum atomic E-state index is 11.2. The van der Waals surface area contributed by atoms with Crippen molar-refractivity contribution in [3.05, 3.63) is 0 Å². The molecule has 1 heterocycles. The van der Waals surface area contributed by atoms with E-state index in [1.165, 1.54) is 0 Å². The first-order valence-corrected chi connectivity index (χ1v) is 3.80. The first-order valence-electron chi connectivity index (χ1n) is 3.80. The van der Waals surface area contributed by atoms with Gasteiger partial charge in [-0.25, -0.2) is 0 Å². The molecule has 0 amide bonds. The molecule has 0 saturated carbocycles. The lowest BCUT2D eigenvalue weighted by Crippen LogP contribution is -2.23. The highest BCUT2D eigenvalue weighted by Gasteiger charge is 2.39. The Labute approximate surface area is 69.9 Å². The van der Waals surface area contributed by atoms with Gasteiger partial charge in [-0.05, 0) is 0 Å². The Kier molecular flexibility index (Phi) is 2.26. The number of cyclic esters (lactones) is 2. The lowest BCUT2D eigenvalue weighted by Gasteiger charge is -2.05. The van der Waals surface area contributed by atoms with Crippen molar-refractivity contribution in [2.24, 2.45) is 11.8 Å². The smallest absolute Gasteiger partial charge is 0.324 e. The summed E-state index contributed by atoms with van der Waals surface area (Å²) in [5.74, 6) is -2.59. The molecule has 4 heteroatoms. The predicted octanol–water partition coefficient (Wildman–Crippen LogP) is 0.301. The van der Waals surface area contributed by atoms with Crippen LogP contribution in [0, 0.1) is 11.8 Å². The van der Waals surface area contributed by atoms with Crippen molar-refractivity contribution < 1.29 is 19.1 Å². The van der Waals surface area contributed by atoms with Gasteiger partial charge >= 0.3 is 11.9 Å². The Balaban J connectivity index is 2.71. The van der Waals surface area contributed by atoms with Gasteiger partial charge in [0.2, 0.25) is 0 Å². The van der Waals surface area contributed by atoms with Crippen LogP contribution in [0.25, 0.3) is 0 Å². The fourth-order valence-corrected chi connectivity index (χ4v) is 1.09. The van der Waals surface area contributed by atoms with E-state index < -0.39 is 17.9 Å². The Morgan fingerprint density at radius 1 is 1.50 bits per heavy atom. The van der Waals surface area contributed by atoms with Gasteiger partial charge in [-0.2, -0.15) is 0 Å². The highest BCUT2D eigenvalue weighted by molar-refractivity contribution is 6.09. The quantitative estimate of drug-likeness (QED) is 0.441. The number of ketones is 1. The standard InChI is InChI=1S/C8H10O4/c1-4(2)7(10)5-3-6(9)12-8(5)11/h4-5H,3H2,1-2H3. The zero-order valence-corrected chi connectivity index (χ0v) is 6.99. The van der Waals surface area contributed by atoms with E-state index in [9.17, 15) is 14.4 Å². The van der Waals surface area contributed by atoms with Crippen molar-refractivity contribution in [3.8, 4) is 0 Å². The van der Waals surface area contributed by atoms with E-state index >= 15 is 0 Å². The number of esters is 2. The molecule has 0 aromatic heterocycles. The molecule has 66 valence electrons. The third kappa shape index (κ3) is 1.52. The van der Waals surface area contributed by atoms with Gasteiger partial charge in [0, 0.05) is 5.92 Å². The second-order valence-electron chi connectivity index (χ2n) is 3.11. The van der Waals surface area contributed by atoms with Crippen LogP contribution in [0.15, 0.2) is 0 Å². The summed E-state index contributed by atoms with van der Waals surface area (Å²) >= 11 is 0. The van der Waals surface area contributed by atoms with Gasteiger partial charge in [0.25, 0.3) is 0 Å². The van der Waals surface area contributed by atoms with Gasteiger partial charge in [0.05, 0.1) is 6.42 Å². The molecule has 0 N–H and O–H groups in total. The second-order valence-corrected chi connectivity index (χ2v) is 3.11. The summed E-state index contributed by atoms with van der Waals surface area (Å²) in [5.41, 5.74) is 0. The summed E-state index contributed by atoms with van der Waals surface area (Å²) in [6.45, 7) is 3.39. The molecule has 0 aromatic rings. The molecule has 1 aliphatic heterocycles. The maximum absolute atomic E-state index is 11.2. The van der Waals surface area contributed by atoms with Gasteiger partial charge < -0.3 is 4.74 Å². The van der Waals surface area contributed by atoms with Crippen LogP contribution in [0.2, 0.25) is 0 Å². The molecule has 1 unspecified atom stereocenters. The van der Waals surface area contributed by atoms with Crippen LogP contribution in [-0.4, -0.2) is 17.7 Å². The van der Waals surface area contributed by atoms with E-state index in [0.717, 1.165) is 0 Å². The van der Waals surface area contributed by atoms with Crippen molar-refractivity contribution in [1.82, 2.24) is 0 Å². The van der Waals surface area contributed by atoms with Crippen molar-refractivity contribution in [2.75, 3.05) is 0 Å². The van der Waals surface area contributed by atoms with Crippen LogP contribution >= 0.6 is 0 Å². The van der Waals surface area contributed by atoms with E-state index in [-0.39, 0.29) is 18.1 Å². The van der Waals surface area contributed by atoms with Crippen LogP contribution < -0.4 is 0 Å². The fraction of sp³-hybridized carbons (Fsp3) is 0.625. The van der Waals surface area contributed by atoms with E-state index in [2.05, 4.69) is 4.74 Å². The largest absolute Gasteiger partial charge is 0.393 e. The number of Topliss-reactive ketones (excluding diaryl/α,β-unsaturated/α-hetero) is 1. The second kappa shape index (κ2) is 3.05. The summed E-state index contributed by atoms with van der Waals surface area (Å²) in [4.78, 5) is 32.7. The minimum Gasteiger partial charge on any atom is -0.393 e. The van der Waals surface area contributed by atoms with Crippen LogP contribution in [0.5, 0.6) is 0 Å². The van der Waals surface area contributed by atoms with E-state index in [1.807, 2.05) is 0 Å². The van der Waals surface area contributed by atoms with Gasteiger partial charge in [-0.3, -0.25) is 14.4 Å². The summed E-state index contributed by atoms with van der Waals surface area (Å²) < 4.78 is 4.25. The molecule has 12 heavy (non-hydrogen) atoms. The summed E-state index contributed by atoms with van der Waals surface area (Å²) in [5, 5.41) is 0. The normalized spacial score (nSPS) is 23.1. The Morgan fingerprint density at radius 2 is 2.08 bits per heavy atom. The summed E-state index contributed by atoms with van der Waals surface area (Å²) in [7, 11) is 0. The number of rotatable bonds is 2. The van der Waals surface area contributed by atoms with Crippen LogP contribution in [0.3, 0.4) is 0 Å². The summed E-state index contributed by atoms with van der Waals surface area (Å²) in [6.07, 6.45) is -0.0875. The number of hydrogen-bond acceptors (Lipinski definition) is 4. The molecule has 0 bridgehead atoms. The molecule has 1 aliphatic rings. The first-order chi connectivity index (χ1) is 5.52. The number of carbonyl (C=O) groups is 3. The molecular formula is C8H10O4. The van der Waals surface area contributed by atoms with E-state index in [1.54, 1.807) is 13.8 Å². The summed E-state index contributed by atoms with van der Waals surface area (Å²) in [6, 6.07) is 0. The third-order valence-electron chi connectivity index (χ3n) is 1.78. The maximum Gasteiger partial charge on any atom is 0.324 e. The van der Waals surface area contributed by atoms with Crippen LogP contribution in [-0.2, 0) is 19.1 Å². The zero-order valence-electron chi connectivity index (χ0n) is 6.99. The van der Waals surface area contributed by atoms with Crippen LogP contribution in [0.4, 0.5) is 0 Å². The molecule has 4 nitrogen and oxygen atoms in total. The molecular weight excluding hydrogens is 160 g/mol. The molecule has 1 rings (SSSR count). The lowest BCUT2D eigenvalue weighted by molar-refractivity contribution is -0.153. The average molecular weight is 170 g/mol. The molecule has 1 saturated heterocycles. The number of carbonyl (C=O) groups excluding carboxylic acids is 3. The lowest BCUT2D eigenvalue weighted by atomic mass is 9.94. The third-order valence-corrected chi connectivity index (χ3v) is 1.78. The predicted molar refractivity (Wildman–Crippen MR) is 39.1 cm³/mol. The van der Waals surface area contributed by atoms with Crippen molar-refractivity contribution in [2.45, 2.75) is 20.3 Å². The molecule has 1 fully saturated rings. The van der Waals surface area contributed by atoms with Crippen molar-refractivity contribution >= 4 is 17.7 Å². The number of ether oxygens (including phenoxy) is 1. The monoisotopic (exact) mass is 170 g/mol. The molecule has 0 aromatic carbocycles. The molecule has 0 spiro atoms. The van der Waals surface area contributed by atoms with E-state index in [4.69, 9.17) is 0 Å². The minimum absolute atomic E-state index is 0.0875. The van der Waals surface area contributed by atoms with Crippen molar-refractivity contribution in [1.29, 1.82) is 0 Å². The Bertz CT molecular complexity index is 241. The van der Waals surface area contributed by atoms with Gasteiger partial charge in [-0.15, -0.1) is 0 Å². The highest BCUT2D eigenvalue weighted by atomic mass is 16.6. The van der Waals surface area contributed by atoms with Gasteiger partial charge in [-0.1, -0.05) is 13.8 Å². The van der Waals surface area contributed by atoms with E-state index in [0.29, 0.717) is 0 Å². The Hall–Kier alpha value is -1.19. The highest BCUT2D eigenvalue weighted by Crippen LogP contribution is 2.19. The van der Waals surface area contributed by atoms with Crippen LogP contribution in [0.1, 0.15) is 20.3 Å². The average Bonchev–Trinajstić information content (AvgIpc) is 2.28. The minimum atomic E-state index is -0.850. The SMILES string of the molecule is CC(C)C(=O)C1CC(=O)OC1=O. The Morgan fingerprint density at radius 3 is 2.42 bits per heavy atom. The first kappa shape index (κ1) is 8.90. The van der Waals surface area contributed by atoms with Crippen molar-refractivity contribution in [3.63, 3.8) is 0 Å². The molecule has 0 aliphatic carbocycles. The molecule has 0 radical (unpaired) electrons. The fourth-order valence-electron chi connectivity index (χ4n) is 1.09. The number of hydrogen-bond donors (Lipinski definition) is 0. The zero-order chi connectivity index (χ0) is 9.30. The van der Waals surface area contributed by atoms with Gasteiger partial charge in [0.15, 0.2) is 0 Å². The van der Waals surface area contributed by atoms with Gasteiger partial charge in [0.1, 0.15) is 11.7 Å². The molecule has 1 atom stereocenters.